The highest BCUT2D eigenvalue weighted by molar-refractivity contribution is 6.09. The summed E-state index contributed by atoms with van der Waals surface area (Å²) >= 11 is 0. The zero-order chi connectivity index (χ0) is 21.7. The van der Waals surface area contributed by atoms with Crippen LogP contribution in [0.4, 0.5) is 0 Å². The Bertz CT molecular complexity index is 1070. The SMILES string of the molecule is CCOCCNC(=O)c1cc(-c2cnn(C)c2C)c2cccc(C(=O)OCC)c2n1. The van der Waals surface area contributed by atoms with Gasteiger partial charge in [-0.05, 0) is 38.5 Å². The van der Waals surface area contributed by atoms with Crippen LogP contribution in [0.2, 0.25) is 0 Å². The summed E-state index contributed by atoms with van der Waals surface area (Å²) in [4.78, 5) is 29.8. The second-order valence-corrected chi connectivity index (χ2v) is 6.70. The van der Waals surface area contributed by atoms with E-state index in [9.17, 15) is 9.59 Å². The number of nitrogens with one attached hydrogen (secondary N) is 1. The number of rotatable bonds is 8. The number of para-hydroxylation sites is 1. The van der Waals surface area contributed by atoms with E-state index in [1.807, 2.05) is 27.0 Å². The van der Waals surface area contributed by atoms with Gasteiger partial charge in [-0.3, -0.25) is 9.48 Å². The van der Waals surface area contributed by atoms with Crippen LogP contribution in [-0.2, 0) is 16.5 Å². The van der Waals surface area contributed by atoms with Crippen molar-refractivity contribution in [2.45, 2.75) is 20.8 Å². The summed E-state index contributed by atoms with van der Waals surface area (Å²) < 4.78 is 12.2. The van der Waals surface area contributed by atoms with Gasteiger partial charge in [0.05, 0.1) is 30.5 Å². The molecule has 1 aromatic carbocycles. The van der Waals surface area contributed by atoms with E-state index >= 15 is 0 Å². The van der Waals surface area contributed by atoms with E-state index < -0.39 is 5.97 Å². The van der Waals surface area contributed by atoms with Gasteiger partial charge in [-0.25, -0.2) is 9.78 Å². The normalized spacial score (nSPS) is 10.9. The number of carbonyl (C=O) groups is 2. The third-order valence-electron chi connectivity index (χ3n) is 4.83. The maximum absolute atomic E-state index is 12.8. The number of pyridine rings is 1. The zero-order valence-electron chi connectivity index (χ0n) is 17.7. The molecule has 0 bridgehead atoms. The minimum Gasteiger partial charge on any atom is -0.462 e. The summed E-state index contributed by atoms with van der Waals surface area (Å²) in [6.45, 7) is 7.21. The fourth-order valence-electron chi connectivity index (χ4n) is 3.20. The Morgan fingerprint density at radius 3 is 2.63 bits per heavy atom. The Morgan fingerprint density at radius 1 is 1.17 bits per heavy atom. The summed E-state index contributed by atoms with van der Waals surface area (Å²) in [5.74, 6) is -0.809. The van der Waals surface area contributed by atoms with E-state index in [2.05, 4.69) is 15.4 Å². The molecule has 0 aliphatic rings. The number of hydrogen-bond acceptors (Lipinski definition) is 6. The van der Waals surface area contributed by atoms with Gasteiger partial charge in [0.1, 0.15) is 5.69 Å². The largest absolute Gasteiger partial charge is 0.462 e. The molecule has 2 heterocycles. The van der Waals surface area contributed by atoms with Crippen molar-refractivity contribution in [2.24, 2.45) is 7.05 Å². The molecule has 3 aromatic rings. The summed E-state index contributed by atoms with van der Waals surface area (Å²) in [7, 11) is 1.85. The molecule has 0 saturated carbocycles. The molecular weight excluding hydrogens is 384 g/mol. The maximum atomic E-state index is 12.8. The quantitative estimate of drug-likeness (QED) is 0.453. The molecule has 0 aliphatic heterocycles. The standard InChI is InChI=1S/C22H26N4O4/c1-5-29-11-10-23-21(27)19-12-17(18-13-24-26(4)14(18)3)15-8-7-9-16(20(15)25-19)22(28)30-6-2/h7-9,12-13H,5-6,10-11H2,1-4H3,(H,23,27). The number of ether oxygens (including phenoxy) is 2. The third kappa shape index (κ3) is 4.33. The number of nitrogens with zero attached hydrogens (tertiary/aromatic N) is 3. The van der Waals surface area contributed by atoms with Crippen LogP contribution < -0.4 is 5.32 Å². The van der Waals surface area contributed by atoms with Gasteiger partial charge in [0.2, 0.25) is 0 Å². The predicted octanol–water partition coefficient (Wildman–Crippen LogP) is 2.89. The zero-order valence-corrected chi connectivity index (χ0v) is 17.7. The van der Waals surface area contributed by atoms with Crippen LogP contribution >= 0.6 is 0 Å². The molecule has 30 heavy (non-hydrogen) atoms. The Labute approximate surface area is 175 Å². The van der Waals surface area contributed by atoms with Crippen molar-refractivity contribution in [1.29, 1.82) is 0 Å². The smallest absolute Gasteiger partial charge is 0.340 e. The van der Waals surface area contributed by atoms with Crippen molar-refractivity contribution < 1.29 is 19.1 Å². The molecule has 0 aliphatic carbocycles. The second kappa shape index (κ2) is 9.49. The molecule has 3 rings (SSSR count). The Balaban J connectivity index is 2.15. The number of carbonyl (C=O) groups excluding carboxylic acids is 2. The minimum absolute atomic E-state index is 0.217. The number of aromatic nitrogens is 3. The van der Waals surface area contributed by atoms with E-state index in [4.69, 9.17) is 9.47 Å². The number of esters is 1. The molecule has 0 radical (unpaired) electrons. The first kappa shape index (κ1) is 21.4. The highest BCUT2D eigenvalue weighted by Crippen LogP contribution is 2.32. The molecule has 0 atom stereocenters. The van der Waals surface area contributed by atoms with Gasteiger partial charge >= 0.3 is 5.97 Å². The Hall–Kier alpha value is -3.26. The van der Waals surface area contributed by atoms with E-state index in [1.54, 1.807) is 36.0 Å². The Kier molecular flexibility index (Phi) is 6.79. The highest BCUT2D eigenvalue weighted by Gasteiger charge is 2.20. The molecule has 1 amide bonds. The van der Waals surface area contributed by atoms with E-state index in [0.29, 0.717) is 30.8 Å². The number of amides is 1. The van der Waals surface area contributed by atoms with Crippen molar-refractivity contribution in [3.63, 3.8) is 0 Å². The van der Waals surface area contributed by atoms with E-state index in [-0.39, 0.29) is 18.2 Å². The average Bonchev–Trinajstić information content (AvgIpc) is 3.08. The lowest BCUT2D eigenvalue weighted by molar-refractivity contribution is 0.0528. The van der Waals surface area contributed by atoms with Crippen molar-refractivity contribution in [2.75, 3.05) is 26.4 Å². The highest BCUT2D eigenvalue weighted by atomic mass is 16.5. The fourth-order valence-corrected chi connectivity index (χ4v) is 3.20. The Morgan fingerprint density at radius 2 is 1.97 bits per heavy atom. The number of fused-ring (bicyclic) bond motifs is 1. The first-order chi connectivity index (χ1) is 14.5. The van der Waals surface area contributed by atoms with Crippen molar-refractivity contribution >= 4 is 22.8 Å². The van der Waals surface area contributed by atoms with E-state index in [0.717, 1.165) is 22.2 Å². The van der Waals surface area contributed by atoms with Crippen molar-refractivity contribution in [1.82, 2.24) is 20.1 Å². The molecule has 8 heteroatoms. The topological polar surface area (TPSA) is 95.3 Å². The summed E-state index contributed by atoms with van der Waals surface area (Å²) in [5, 5.41) is 7.88. The molecule has 0 saturated heterocycles. The van der Waals surface area contributed by atoms with Crippen molar-refractivity contribution in [3.05, 3.63) is 47.4 Å². The summed E-state index contributed by atoms with van der Waals surface area (Å²) in [6.07, 6.45) is 1.75. The average molecular weight is 410 g/mol. The van der Waals surface area contributed by atoms with Crippen LogP contribution in [0.5, 0.6) is 0 Å². The summed E-state index contributed by atoms with van der Waals surface area (Å²) in [6, 6.07) is 7.05. The minimum atomic E-state index is -0.474. The van der Waals surface area contributed by atoms with Gasteiger partial charge in [-0.15, -0.1) is 0 Å². The van der Waals surface area contributed by atoms with Gasteiger partial charge in [-0.1, -0.05) is 12.1 Å². The molecule has 1 N–H and O–H groups in total. The van der Waals surface area contributed by atoms with Crippen LogP contribution in [0.25, 0.3) is 22.0 Å². The summed E-state index contributed by atoms with van der Waals surface area (Å²) in [5.41, 5.74) is 3.55. The van der Waals surface area contributed by atoms with Gasteiger partial charge in [-0.2, -0.15) is 5.10 Å². The lowest BCUT2D eigenvalue weighted by Crippen LogP contribution is -2.28. The van der Waals surface area contributed by atoms with Crippen molar-refractivity contribution in [3.8, 4) is 11.1 Å². The molecule has 0 spiro atoms. The van der Waals surface area contributed by atoms with E-state index in [1.165, 1.54) is 0 Å². The maximum Gasteiger partial charge on any atom is 0.340 e. The van der Waals surface area contributed by atoms with Crippen LogP contribution in [0.15, 0.2) is 30.5 Å². The van der Waals surface area contributed by atoms with Gasteiger partial charge < -0.3 is 14.8 Å². The molecule has 158 valence electrons. The lowest BCUT2D eigenvalue weighted by Gasteiger charge is -2.12. The number of hydrogen-bond donors (Lipinski definition) is 1. The fraction of sp³-hybridized carbons (Fsp3) is 0.364. The second-order valence-electron chi connectivity index (χ2n) is 6.70. The monoisotopic (exact) mass is 410 g/mol. The molecule has 2 aromatic heterocycles. The number of aryl methyl sites for hydroxylation is 1. The van der Waals surface area contributed by atoms with Gasteiger partial charge in [0.15, 0.2) is 0 Å². The van der Waals surface area contributed by atoms with Gasteiger partial charge in [0, 0.05) is 36.8 Å². The number of benzene rings is 1. The molecule has 0 fully saturated rings. The third-order valence-corrected chi connectivity index (χ3v) is 4.83. The van der Waals surface area contributed by atoms with Crippen LogP contribution in [-0.4, -0.2) is 53.0 Å². The first-order valence-corrected chi connectivity index (χ1v) is 9.93. The van der Waals surface area contributed by atoms with Crippen LogP contribution in [0.3, 0.4) is 0 Å². The van der Waals surface area contributed by atoms with Gasteiger partial charge in [0.25, 0.3) is 5.91 Å². The first-order valence-electron chi connectivity index (χ1n) is 9.93. The molecular formula is C22H26N4O4. The molecule has 8 nitrogen and oxygen atoms in total. The predicted molar refractivity (Wildman–Crippen MR) is 113 cm³/mol. The lowest BCUT2D eigenvalue weighted by atomic mass is 9.98. The van der Waals surface area contributed by atoms with Crippen LogP contribution in [0.1, 0.15) is 40.4 Å². The molecule has 0 unspecified atom stereocenters. The van der Waals surface area contributed by atoms with Crippen LogP contribution in [0, 0.1) is 6.92 Å².